The summed E-state index contributed by atoms with van der Waals surface area (Å²) in [6.45, 7) is 2.05. The molecule has 2 aromatic carbocycles. The first-order valence-corrected chi connectivity index (χ1v) is 8.41. The number of benzene rings is 2. The third-order valence-electron chi connectivity index (χ3n) is 4.06. The van der Waals surface area contributed by atoms with Gasteiger partial charge in [0, 0.05) is 6.54 Å². The molecule has 2 heterocycles. The lowest BCUT2D eigenvalue weighted by Gasteiger charge is -2.07. The van der Waals surface area contributed by atoms with Crippen molar-refractivity contribution in [3.05, 3.63) is 65.2 Å². The Bertz CT molecular complexity index is 1190. The molecule has 0 aliphatic heterocycles. The van der Waals surface area contributed by atoms with E-state index in [1.54, 1.807) is 37.3 Å². The number of nitrogens with two attached hydrogens (primary N) is 1. The lowest BCUT2D eigenvalue weighted by Crippen LogP contribution is -2.11. The zero-order valence-corrected chi connectivity index (χ0v) is 14.8. The molecule has 0 aliphatic carbocycles. The highest BCUT2D eigenvalue weighted by Crippen LogP contribution is 2.28. The third kappa shape index (κ3) is 3.37. The Labute approximate surface area is 158 Å². The molecule has 3 N–H and O–H groups in total. The van der Waals surface area contributed by atoms with Gasteiger partial charge in [0.15, 0.2) is 0 Å². The summed E-state index contributed by atoms with van der Waals surface area (Å²) >= 11 is 0. The molecule has 0 saturated carbocycles. The second-order valence-electron chi connectivity index (χ2n) is 6.09. The Hall–Kier alpha value is -3.88. The molecule has 140 valence electrons. The first-order valence-electron chi connectivity index (χ1n) is 8.41. The van der Waals surface area contributed by atoms with E-state index in [2.05, 4.69) is 25.4 Å². The minimum Gasteiger partial charge on any atom is -0.366 e. The zero-order chi connectivity index (χ0) is 19.7. The van der Waals surface area contributed by atoms with Crippen LogP contribution in [-0.4, -0.2) is 26.0 Å². The molecule has 4 aromatic rings. The maximum atomic E-state index is 13.3. The molecule has 28 heavy (non-hydrogen) atoms. The van der Waals surface area contributed by atoms with Gasteiger partial charge in [0.05, 0.1) is 10.9 Å². The fraction of sp³-hybridized carbons (Fsp3) is 0.105. The number of carbonyl (C=O) groups excluding carboxylic acids is 1. The van der Waals surface area contributed by atoms with Crippen LogP contribution in [0.5, 0.6) is 0 Å². The van der Waals surface area contributed by atoms with Gasteiger partial charge in [0.2, 0.25) is 17.5 Å². The number of aromatic nitrogens is 4. The minimum absolute atomic E-state index is 0.253. The van der Waals surface area contributed by atoms with Crippen molar-refractivity contribution >= 4 is 22.8 Å². The van der Waals surface area contributed by atoms with E-state index in [0.29, 0.717) is 35.0 Å². The summed E-state index contributed by atoms with van der Waals surface area (Å²) in [6.07, 6.45) is 0. The highest BCUT2D eigenvalue weighted by molar-refractivity contribution is 6.07. The van der Waals surface area contributed by atoms with E-state index < -0.39 is 5.91 Å². The Kier molecular flexibility index (Phi) is 4.40. The van der Waals surface area contributed by atoms with Gasteiger partial charge in [0.25, 0.3) is 5.91 Å². The molecule has 0 bridgehead atoms. The SMILES string of the molecule is Cc1nc(NCc2cccc(F)c2)nc(-c2onc3c(C(N)=O)cccc23)n1. The van der Waals surface area contributed by atoms with E-state index in [1.807, 2.05) is 0 Å². The number of carbonyl (C=O) groups is 1. The maximum absolute atomic E-state index is 13.3. The number of amides is 1. The van der Waals surface area contributed by atoms with Crippen molar-refractivity contribution in [2.24, 2.45) is 5.73 Å². The predicted octanol–water partition coefficient (Wildman–Crippen LogP) is 2.84. The molecule has 0 unspecified atom stereocenters. The number of nitrogens with zero attached hydrogens (tertiary/aromatic N) is 4. The largest absolute Gasteiger partial charge is 0.366 e. The van der Waals surface area contributed by atoms with E-state index in [1.165, 1.54) is 12.1 Å². The smallest absolute Gasteiger partial charge is 0.251 e. The van der Waals surface area contributed by atoms with Crippen molar-refractivity contribution < 1.29 is 13.7 Å². The van der Waals surface area contributed by atoms with Gasteiger partial charge in [-0.3, -0.25) is 4.79 Å². The number of hydrogen-bond acceptors (Lipinski definition) is 7. The Morgan fingerprint density at radius 1 is 1.18 bits per heavy atom. The molecule has 0 spiro atoms. The minimum atomic E-state index is -0.602. The van der Waals surface area contributed by atoms with E-state index in [0.717, 1.165) is 5.56 Å². The van der Waals surface area contributed by atoms with Gasteiger partial charge in [-0.2, -0.15) is 9.97 Å². The van der Waals surface area contributed by atoms with Crippen molar-refractivity contribution in [2.45, 2.75) is 13.5 Å². The van der Waals surface area contributed by atoms with Crippen LogP contribution in [0.3, 0.4) is 0 Å². The number of hydrogen-bond donors (Lipinski definition) is 2. The van der Waals surface area contributed by atoms with Crippen LogP contribution in [0.1, 0.15) is 21.7 Å². The first-order chi connectivity index (χ1) is 13.5. The number of fused-ring (bicyclic) bond motifs is 1. The Morgan fingerprint density at radius 2 is 2.00 bits per heavy atom. The van der Waals surface area contributed by atoms with E-state index in [9.17, 15) is 9.18 Å². The molecule has 9 heteroatoms. The average molecular weight is 378 g/mol. The molecule has 4 rings (SSSR count). The van der Waals surface area contributed by atoms with Crippen LogP contribution in [0.15, 0.2) is 47.0 Å². The lowest BCUT2D eigenvalue weighted by atomic mass is 10.1. The van der Waals surface area contributed by atoms with Gasteiger partial charge in [-0.1, -0.05) is 23.4 Å². The summed E-state index contributed by atoms with van der Waals surface area (Å²) in [5.41, 5.74) is 6.73. The van der Waals surface area contributed by atoms with Crippen molar-refractivity contribution in [3.8, 4) is 11.6 Å². The molecule has 0 saturated heterocycles. The summed E-state index contributed by atoms with van der Waals surface area (Å²) < 4.78 is 18.7. The summed E-state index contributed by atoms with van der Waals surface area (Å²) in [4.78, 5) is 24.5. The van der Waals surface area contributed by atoms with Crippen molar-refractivity contribution in [1.82, 2.24) is 20.1 Å². The number of halogens is 1. The summed E-state index contributed by atoms with van der Waals surface area (Å²) in [7, 11) is 0. The molecule has 0 aliphatic rings. The maximum Gasteiger partial charge on any atom is 0.251 e. The Balaban J connectivity index is 1.68. The van der Waals surface area contributed by atoms with Gasteiger partial charge >= 0.3 is 0 Å². The number of rotatable bonds is 5. The van der Waals surface area contributed by atoms with Crippen LogP contribution < -0.4 is 11.1 Å². The summed E-state index contributed by atoms with van der Waals surface area (Å²) in [5.74, 6) is 0.417. The normalized spacial score (nSPS) is 10.9. The summed E-state index contributed by atoms with van der Waals surface area (Å²) in [6, 6.07) is 11.2. The fourth-order valence-corrected chi connectivity index (χ4v) is 2.82. The number of nitrogens with one attached hydrogen (secondary N) is 1. The van der Waals surface area contributed by atoms with Crippen LogP contribution in [0.2, 0.25) is 0 Å². The van der Waals surface area contributed by atoms with Gasteiger partial charge in [0.1, 0.15) is 17.2 Å². The standard InChI is InChI=1S/C19H15FN6O2/c1-10-23-18(16-13-6-3-7-14(17(21)27)15(13)26-28-16)25-19(24-10)22-9-11-4-2-5-12(20)8-11/h2-8H,9H2,1H3,(H2,21,27)(H,22,23,24,25). The average Bonchev–Trinajstić information content (AvgIpc) is 3.10. The van der Waals surface area contributed by atoms with Gasteiger partial charge in [-0.25, -0.2) is 9.37 Å². The summed E-state index contributed by atoms with van der Waals surface area (Å²) in [5, 5.41) is 7.55. The molecule has 2 aromatic heterocycles. The molecule has 0 radical (unpaired) electrons. The van der Waals surface area contributed by atoms with E-state index >= 15 is 0 Å². The highest BCUT2D eigenvalue weighted by Gasteiger charge is 2.19. The van der Waals surface area contributed by atoms with E-state index in [-0.39, 0.29) is 17.2 Å². The second-order valence-corrected chi connectivity index (χ2v) is 6.09. The van der Waals surface area contributed by atoms with Crippen molar-refractivity contribution in [1.29, 1.82) is 0 Å². The number of aryl methyl sites for hydroxylation is 1. The number of primary amides is 1. The van der Waals surface area contributed by atoms with Gasteiger partial charge in [-0.05, 0) is 36.8 Å². The molecule has 0 fully saturated rings. The Morgan fingerprint density at radius 3 is 2.79 bits per heavy atom. The third-order valence-corrected chi connectivity index (χ3v) is 4.06. The molecule has 0 atom stereocenters. The lowest BCUT2D eigenvalue weighted by molar-refractivity contribution is 0.100. The molecular formula is C19H15FN6O2. The highest BCUT2D eigenvalue weighted by atomic mass is 19.1. The molecule has 8 nitrogen and oxygen atoms in total. The van der Waals surface area contributed by atoms with Crippen LogP contribution in [-0.2, 0) is 6.54 Å². The predicted molar refractivity (Wildman–Crippen MR) is 99.8 cm³/mol. The van der Waals surface area contributed by atoms with Crippen LogP contribution >= 0.6 is 0 Å². The van der Waals surface area contributed by atoms with Crippen molar-refractivity contribution in [3.63, 3.8) is 0 Å². The topological polar surface area (TPSA) is 120 Å². The van der Waals surface area contributed by atoms with Crippen LogP contribution in [0.4, 0.5) is 10.3 Å². The fourth-order valence-electron chi connectivity index (χ4n) is 2.82. The van der Waals surface area contributed by atoms with Crippen LogP contribution in [0.25, 0.3) is 22.5 Å². The van der Waals surface area contributed by atoms with Gasteiger partial charge < -0.3 is 15.6 Å². The molecule has 1 amide bonds. The zero-order valence-electron chi connectivity index (χ0n) is 14.8. The van der Waals surface area contributed by atoms with E-state index in [4.69, 9.17) is 10.3 Å². The quantitative estimate of drug-likeness (QED) is 0.548. The van der Waals surface area contributed by atoms with Crippen LogP contribution in [0, 0.1) is 12.7 Å². The second kappa shape index (κ2) is 7.03. The first kappa shape index (κ1) is 17.5. The monoisotopic (exact) mass is 378 g/mol. The number of anilines is 1. The molecular weight excluding hydrogens is 363 g/mol. The van der Waals surface area contributed by atoms with Crippen molar-refractivity contribution in [2.75, 3.05) is 5.32 Å². The van der Waals surface area contributed by atoms with Gasteiger partial charge in [-0.15, -0.1) is 0 Å².